The van der Waals surface area contributed by atoms with Gasteiger partial charge in [-0.2, -0.15) is 0 Å². The molecule has 0 aliphatic heterocycles. The molecule has 0 saturated heterocycles. The second-order valence-electron chi connectivity index (χ2n) is 13.8. The highest BCUT2D eigenvalue weighted by Gasteiger charge is 2.65. The van der Waals surface area contributed by atoms with Crippen LogP contribution in [0.25, 0.3) is 0 Å². The largest absolute Gasteiger partial charge is 0.469 e. The van der Waals surface area contributed by atoms with Gasteiger partial charge in [-0.05, 0) is 117 Å². The van der Waals surface area contributed by atoms with Gasteiger partial charge in [0.1, 0.15) is 0 Å². The lowest BCUT2D eigenvalue weighted by Gasteiger charge is -2.63. The molecule has 5 N–H and O–H groups in total. The lowest BCUT2D eigenvalue weighted by molar-refractivity contribution is -0.202. The second-order valence-corrected chi connectivity index (χ2v) is 13.8. The molecule has 7 nitrogen and oxygen atoms in total. The van der Waals surface area contributed by atoms with Crippen molar-refractivity contribution in [3.05, 3.63) is 0 Å². The first-order valence-electron chi connectivity index (χ1n) is 15.5. The van der Waals surface area contributed by atoms with Crippen molar-refractivity contribution in [2.45, 2.75) is 122 Å². The Hall–Kier alpha value is -1.18. The summed E-state index contributed by atoms with van der Waals surface area (Å²) < 4.78 is 4.87. The van der Waals surface area contributed by atoms with E-state index in [-0.39, 0.29) is 40.8 Å². The van der Waals surface area contributed by atoms with Crippen LogP contribution in [0.5, 0.6) is 0 Å². The summed E-state index contributed by atoms with van der Waals surface area (Å²) in [5, 5.41) is 26.7. The number of nitrogens with one attached hydrogen (secondary N) is 1. The first kappa shape index (κ1) is 29.8. The molecule has 4 aliphatic rings. The fraction of sp³-hybridized carbons (Fsp3) is 0.935. The molecule has 11 atom stereocenters. The SMILES string of the molecule is COC(=O)CC[C@@H](C)[C@H]1CC[C@H]2[C@@H]3[C@H](O)C[C@@H]4C[C@@H](NC(=O)CCCCCN)CC[C@]4(C)[C@H]3C[C@H](O)[C@]12C. The van der Waals surface area contributed by atoms with Crippen LogP contribution >= 0.6 is 0 Å². The average molecular weight is 535 g/mol. The molecule has 4 aliphatic carbocycles. The maximum absolute atomic E-state index is 12.5. The van der Waals surface area contributed by atoms with Crippen LogP contribution in [0.3, 0.4) is 0 Å². The third kappa shape index (κ3) is 5.54. The first-order chi connectivity index (χ1) is 18.1. The molecule has 0 aromatic rings. The zero-order valence-electron chi connectivity index (χ0n) is 24.3. The Morgan fingerprint density at radius 2 is 1.79 bits per heavy atom. The lowest BCUT2D eigenvalue weighted by Crippen LogP contribution is -2.63. The zero-order chi connectivity index (χ0) is 27.7. The van der Waals surface area contributed by atoms with Crippen molar-refractivity contribution >= 4 is 11.9 Å². The van der Waals surface area contributed by atoms with Gasteiger partial charge in [0.05, 0.1) is 19.3 Å². The van der Waals surface area contributed by atoms with E-state index < -0.39 is 6.10 Å². The molecule has 0 aromatic heterocycles. The van der Waals surface area contributed by atoms with E-state index in [2.05, 4.69) is 26.1 Å². The van der Waals surface area contributed by atoms with Crippen molar-refractivity contribution in [3.63, 3.8) is 0 Å². The number of amides is 1. The molecule has 38 heavy (non-hydrogen) atoms. The molecule has 0 aromatic carbocycles. The monoisotopic (exact) mass is 534 g/mol. The van der Waals surface area contributed by atoms with Gasteiger partial charge < -0.3 is 26.0 Å². The molecular weight excluding hydrogens is 480 g/mol. The van der Waals surface area contributed by atoms with Gasteiger partial charge in [-0.25, -0.2) is 0 Å². The highest BCUT2D eigenvalue weighted by Crippen LogP contribution is 2.68. The molecule has 7 heteroatoms. The van der Waals surface area contributed by atoms with Gasteiger partial charge in [-0.1, -0.05) is 27.2 Å². The minimum atomic E-state index is -0.393. The van der Waals surface area contributed by atoms with E-state index in [4.69, 9.17) is 10.5 Å². The smallest absolute Gasteiger partial charge is 0.305 e. The minimum Gasteiger partial charge on any atom is -0.469 e. The van der Waals surface area contributed by atoms with Crippen LogP contribution in [0.1, 0.15) is 104 Å². The Morgan fingerprint density at radius 3 is 2.50 bits per heavy atom. The van der Waals surface area contributed by atoms with Crippen LogP contribution in [0.4, 0.5) is 0 Å². The maximum Gasteiger partial charge on any atom is 0.305 e. The summed E-state index contributed by atoms with van der Waals surface area (Å²) in [7, 11) is 1.44. The summed E-state index contributed by atoms with van der Waals surface area (Å²) in [5.74, 6) is 1.85. The molecule has 0 unspecified atom stereocenters. The van der Waals surface area contributed by atoms with Crippen molar-refractivity contribution in [2.75, 3.05) is 13.7 Å². The van der Waals surface area contributed by atoms with Crippen molar-refractivity contribution in [2.24, 2.45) is 52.1 Å². The number of hydrogen-bond acceptors (Lipinski definition) is 6. The summed E-state index contributed by atoms with van der Waals surface area (Å²) in [5.41, 5.74) is 5.43. The topological polar surface area (TPSA) is 122 Å². The maximum atomic E-state index is 12.5. The number of hydrogen-bond donors (Lipinski definition) is 4. The summed E-state index contributed by atoms with van der Waals surface area (Å²) in [6, 6.07) is 0.184. The molecule has 0 spiro atoms. The predicted molar refractivity (Wildman–Crippen MR) is 148 cm³/mol. The van der Waals surface area contributed by atoms with Gasteiger partial charge >= 0.3 is 5.97 Å². The molecule has 4 fully saturated rings. The van der Waals surface area contributed by atoms with E-state index in [0.717, 1.165) is 70.6 Å². The Bertz CT molecular complexity index is 837. The predicted octanol–water partition coefficient (Wildman–Crippen LogP) is 4.18. The highest BCUT2D eigenvalue weighted by molar-refractivity contribution is 5.76. The van der Waals surface area contributed by atoms with Gasteiger partial charge in [0.2, 0.25) is 5.91 Å². The van der Waals surface area contributed by atoms with Crippen LogP contribution in [-0.2, 0) is 14.3 Å². The Balaban J connectivity index is 1.43. The van der Waals surface area contributed by atoms with E-state index in [0.29, 0.717) is 49.0 Å². The van der Waals surface area contributed by atoms with Crippen molar-refractivity contribution in [1.29, 1.82) is 0 Å². The van der Waals surface area contributed by atoms with Crippen LogP contribution in [-0.4, -0.2) is 54.0 Å². The summed E-state index contributed by atoms with van der Waals surface area (Å²) in [4.78, 5) is 24.3. The Labute approximate surface area is 230 Å². The zero-order valence-corrected chi connectivity index (χ0v) is 24.3. The quantitative estimate of drug-likeness (QED) is 0.246. The van der Waals surface area contributed by atoms with Crippen molar-refractivity contribution in [1.82, 2.24) is 5.32 Å². The molecule has 0 heterocycles. The molecule has 4 rings (SSSR count). The van der Waals surface area contributed by atoms with Crippen LogP contribution in [0, 0.1) is 46.3 Å². The average Bonchev–Trinajstić information content (AvgIpc) is 3.25. The van der Waals surface area contributed by atoms with Gasteiger partial charge in [0.25, 0.3) is 0 Å². The van der Waals surface area contributed by atoms with Gasteiger partial charge in [0.15, 0.2) is 0 Å². The fourth-order valence-electron chi connectivity index (χ4n) is 9.84. The number of carbonyl (C=O) groups is 2. The number of methoxy groups -OCH3 is 1. The highest BCUT2D eigenvalue weighted by atomic mass is 16.5. The third-order valence-electron chi connectivity index (χ3n) is 12.1. The number of unbranched alkanes of at least 4 members (excludes halogenated alkanes) is 2. The number of fused-ring (bicyclic) bond motifs is 5. The van der Waals surface area contributed by atoms with E-state index in [1.165, 1.54) is 7.11 Å². The van der Waals surface area contributed by atoms with Gasteiger partial charge in [-0.3, -0.25) is 9.59 Å². The number of ether oxygens (including phenoxy) is 1. The fourth-order valence-corrected chi connectivity index (χ4v) is 9.84. The molecular formula is C31H54N2O5. The number of esters is 1. The molecule has 218 valence electrons. The van der Waals surface area contributed by atoms with Gasteiger partial charge in [-0.15, -0.1) is 0 Å². The van der Waals surface area contributed by atoms with E-state index >= 15 is 0 Å². The minimum absolute atomic E-state index is 0.0865. The summed E-state index contributed by atoms with van der Waals surface area (Å²) >= 11 is 0. The molecule has 4 saturated carbocycles. The summed E-state index contributed by atoms with van der Waals surface area (Å²) in [6.07, 6.45) is 10.5. The van der Waals surface area contributed by atoms with E-state index in [1.807, 2.05) is 0 Å². The third-order valence-corrected chi connectivity index (χ3v) is 12.1. The number of nitrogens with two attached hydrogens (primary N) is 1. The van der Waals surface area contributed by atoms with Crippen LogP contribution in [0.15, 0.2) is 0 Å². The molecule has 1 amide bonds. The normalized spacial score (nSPS) is 42.9. The molecule has 0 bridgehead atoms. The number of carbonyl (C=O) groups excluding carboxylic acids is 2. The number of aliphatic hydroxyl groups is 2. The number of rotatable bonds is 10. The van der Waals surface area contributed by atoms with E-state index in [1.54, 1.807) is 0 Å². The summed E-state index contributed by atoms with van der Waals surface area (Å²) in [6.45, 7) is 7.58. The molecule has 0 radical (unpaired) electrons. The van der Waals surface area contributed by atoms with Crippen molar-refractivity contribution < 1.29 is 24.5 Å². The van der Waals surface area contributed by atoms with Crippen molar-refractivity contribution in [3.8, 4) is 0 Å². The Morgan fingerprint density at radius 1 is 1.03 bits per heavy atom. The standard InChI is InChI=1S/C31H54N2O5/c1-19(9-12-28(37)38-4)22-10-11-23-29-24(18-26(35)31(22,23)3)30(2)14-13-21(16-20(30)17-25(29)34)33-27(36)8-6-5-7-15-32/h19-26,29,34-35H,5-18,32H2,1-4H3,(H,33,36)/t19-,20+,21+,22-,23+,24+,25-,26+,29+,30+,31-/m1/s1. The van der Waals surface area contributed by atoms with Crippen LogP contribution < -0.4 is 11.1 Å². The van der Waals surface area contributed by atoms with E-state index in [9.17, 15) is 19.8 Å². The second kappa shape index (κ2) is 12.1. The first-order valence-corrected chi connectivity index (χ1v) is 15.5. The van der Waals surface area contributed by atoms with Gasteiger partial charge in [0, 0.05) is 18.9 Å². The Kier molecular flexibility index (Phi) is 9.52. The lowest BCUT2D eigenvalue weighted by atomic mass is 9.43. The number of aliphatic hydroxyl groups excluding tert-OH is 2. The van der Waals surface area contributed by atoms with Crippen LogP contribution in [0.2, 0.25) is 0 Å².